The van der Waals surface area contributed by atoms with Crippen molar-refractivity contribution < 1.29 is 0 Å². The number of aromatic amines is 1. The summed E-state index contributed by atoms with van der Waals surface area (Å²) < 4.78 is 2.44. The van der Waals surface area contributed by atoms with Gasteiger partial charge >= 0.3 is 0 Å². The minimum atomic E-state index is 1.18. The molecule has 0 radical (unpaired) electrons. The molecule has 7 aromatic carbocycles. The highest BCUT2D eigenvalue weighted by Crippen LogP contribution is 2.41. The zero-order chi connectivity index (χ0) is 24.8. The van der Waals surface area contributed by atoms with E-state index in [1.807, 2.05) is 0 Å². The summed E-state index contributed by atoms with van der Waals surface area (Å²) >= 11 is 0. The van der Waals surface area contributed by atoms with E-state index in [9.17, 15) is 0 Å². The first-order valence-electron chi connectivity index (χ1n) is 13.1. The zero-order valence-electron chi connectivity index (χ0n) is 20.6. The maximum absolute atomic E-state index is 3.64. The SMILES string of the molecule is c1ccc2c(c1)[nH]c1ccc3c(c4ccccc4n3-c3ccc4c5ccccc5c5ccccc5c4c3)c12. The van der Waals surface area contributed by atoms with Crippen LogP contribution in [0.4, 0.5) is 0 Å². The standard InChI is InChI=1S/C36H22N2/c1-2-11-25-23(9-1)24-10-3-4-12-26(24)30-21-22(17-18-27(25)30)38-33-16-8-6-14-29(33)36-34(38)20-19-32-35(36)28-13-5-7-15-31(28)37-32/h1-21,37H. The number of rotatable bonds is 1. The summed E-state index contributed by atoms with van der Waals surface area (Å²) in [5.74, 6) is 0. The van der Waals surface area contributed by atoms with Gasteiger partial charge in [-0.2, -0.15) is 0 Å². The summed E-state index contributed by atoms with van der Waals surface area (Å²) in [7, 11) is 0. The lowest BCUT2D eigenvalue weighted by Gasteiger charge is -2.13. The van der Waals surface area contributed by atoms with E-state index in [1.54, 1.807) is 0 Å². The summed E-state index contributed by atoms with van der Waals surface area (Å²) in [6.07, 6.45) is 0. The predicted molar refractivity (Wildman–Crippen MR) is 163 cm³/mol. The van der Waals surface area contributed by atoms with Crippen LogP contribution in [0, 0.1) is 0 Å². The summed E-state index contributed by atoms with van der Waals surface area (Å²) in [6.45, 7) is 0. The van der Waals surface area contributed by atoms with E-state index in [4.69, 9.17) is 0 Å². The van der Waals surface area contributed by atoms with E-state index in [1.165, 1.54) is 81.6 Å². The van der Waals surface area contributed by atoms with Gasteiger partial charge in [-0.3, -0.25) is 0 Å². The Morgan fingerprint density at radius 1 is 0.368 bits per heavy atom. The van der Waals surface area contributed by atoms with Gasteiger partial charge < -0.3 is 9.55 Å². The lowest BCUT2D eigenvalue weighted by Crippen LogP contribution is -1.94. The molecule has 2 aromatic heterocycles. The van der Waals surface area contributed by atoms with Crippen molar-refractivity contribution in [3.63, 3.8) is 0 Å². The third-order valence-corrected chi connectivity index (χ3v) is 8.29. The van der Waals surface area contributed by atoms with Crippen molar-refractivity contribution in [3.8, 4) is 5.69 Å². The number of nitrogens with zero attached hydrogens (tertiary/aromatic N) is 1. The number of aromatic nitrogens is 2. The molecule has 0 unspecified atom stereocenters. The Labute approximate surface area is 218 Å². The lowest BCUT2D eigenvalue weighted by molar-refractivity contribution is 1.19. The summed E-state index contributed by atoms with van der Waals surface area (Å²) in [5.41, 5.74) is 5.99. The first-order valence-corrected chi connectivity index (χ1v) is 13.1. The van der Waals surface area contributed by atoms with Crippen molar-refractivity contribution in [2.75, 3.05) is 0 Å². The van der Waals surface area contributed by atoms with Crippen LogP contribution in [0.2, 0.25) is 0 Å². The van der Waals surface area contributed by atoms with Crippen LogP contribution >= 0.6 is 0 Å². The second-order valence-corrected chi connectivity index (χ2v) is 10.2. The van der Waals surface area contributed by atoms with Crippen LogP contribution in [0.3, 0.4) is 0 Å². The van der Waals surface area contributed by atoms with E-state index in [0.717, 1.165) is 0 Å². The van der Waals surface area contributed by atoms with Crippen LogP contribution in [-0.2, 0) is 0 Å². The van der Waals surface area contributed by atoms with Gasteiger partial charge in [-0.15, -0.1) is 0 Å². The Morgan fingerprint density at radius 3 is 1.68 bits per heavy atom. The average molecular weight is 483 g/mol. The van der Waals surface area contributed by atoms with E-state index >= 15 is 0 Å². The van der Waals surface area contributed by atoms with Gasteiger partial charge in [0, 0.05) is 38.3 Å². The van der Waals surface area contributed by atoms with Gasteiger partial charge in [0.1, 0.15) is 0 Å². The monoisotopic (exact) mass is 482 g/mol. The molecule has 1 N–H and O–H groups in total. The predicted octanol–water partition coefficient (Wildman–Crippen LogP) is 9.88. The van der Waals surface area contributed by atoms with Gasteiger partial charge in [-0.05, 0) is 68.7 Å². The smallest absolute Gasteiger partial charge is 0.0548 e. The van der Waals surface area contributed by atoms with Gasteiger partial charge in [0.2, 0.25) is 0 Å². The fraction of sp³-hybridized carbons (Fsp3) is 0. The van der Waals surface area contributed by atoms with Crippen LogP contribution in [-0.4, -0.2) is 9.55 Å². The zero-order valence-corrected chi connectivity index (χ0v) is 20.6. The molecule has 0 aliphatic rings. The Bertz CT molecular complexity index is 2370. The van der Waals surface area contributed by atoms with E-state index in [2.05, 4.69) is 137 Å². The molecule has 38 heavy (non-hydrogen) atoms. The average Bonchev–Trinajstić information content (AvgIpc) is 3.52. The first-order chi connectivity index (χ1) is 18.9. The van der Waals surface area contributed by atoms with Crippen LogP contribution in [0.1, 0.15) is 0 Å². The van der Waals surface area contributed by atoms with Gasteiger partial charge in [0.15, 0.2) is 0 Å². The van der Waals surface area contributed by atoms with Gasteiger partial charge in [0.25, 0.3) is 0 Å². The Morgan fingerprint density at radius 2 is 0.947 bits per heavy atom. The molecule has 0 saturated heterocycles. The number of benzene rings is 7. The largest absolute Gasteiger partial charge is 0.354 e. The number of para-hydroxylation sites is 2. The van der Waals surface area contributed by atoms with Crippen molar-refractivity contribution in [2.45, 2.75) is 0 Å². The highest BCUT2D eigenvalue weighted by atomic mass is 15.0. The highest BCUT2D eigenvalue weighted by Gasteiger charge is 2.18. The van der Waals surface area contributed by atoms with Crippen molar-refractivity contribution >= 4 is 75.9 Å². The number of nitrogens with one attached hydrogen (secondary N) is 1. The lowest BCUT2D eigenvalue weighted by atomic mass is 9.94. The van der Waals surface area contributed by atoms with Crippen LogP contribution in [0.5, 0.6) is 0 Å². The first kappa shape index (κ1) is 20.0. The Hall–Kier alpha value is -5.08. The Balaban J connectivity index is 1.46. The minimum Gasteiger partial charge on any atom is -0.354 e. The number of hydrogen-bond acceptors (Lipinski definition) is 0. The minimum absolute atomic E-state index is 1.18. The van der Waals surface area contributed by atoms with Gasteiger partial charge in [-0.25, -0.2) is 0 Å². The number of hydrogen-bond donors (Lipinski definition) is 1. The van der Waals surface area contributed by atoms with Crippen LogP contribution < -0.4 is 0 Å². The van der Waals surface area contributed by atoms with E-state index in [-0.39, 0.29) is 0 Å². The molecule has 9 rings (SSSR count). The maximum Gasteiger partial charge on any atom is 0.0548 e. The van der Waals surface area contributed by atoms with Crippen molar-refractivity contribution in [3.05, 3.63) is 127 Å². The van der Waals surface area contributed by atoms with Gasteiger partial charge in [0.05, 0.1) is 11.0 Å². The second-order valence-electron chi connectivity index (χ2n) is 10.2. The Kier molecular flexibility index (Phi) is 3.82. The van der Waals surface area contributed by atoms with E-state index in [0.29, 0.717) is 0 Å². The van der Waals surface area contributed by atoms with Crippen molar-refractivity contribution in [1.29, 1.82) is 0 Å². The van der Waals surface area contributed by atoms with Crippen molar-refractivity contribution in [1.82, 2.24) is 9.55 Å². The molecule has 0 aliphatic heterocycles. The topological polar surface area (TPSA) is 20.7 Å². The number of H-pyrrole nitrogens is 1. The molecule has 0 atom stereocenters. The summed E-state index contributed by atoms with van der Waals surface area (Å²) in [5, 5.41) is 12.9. The van der Waals surface area contributed by atoms with Crippen molar-refractivity contribution in [2.24, 2.45) is 0 Å². The molecule has 0 amide bonds. The van der Waals surface area contributed by atoms with Crippen LogP contribution in [0.25, 0.3) is 81.6 Å². The molecule has 0 spiro atoms. The third-order valence-electron chi connectivity index (χ3n) is 8.29. The highest BCUT2D eigenvalue weighted by molar-refractivity contribution is 6.29. The molecule has 0 fully saturated rings. The number of fused-ring (bicyclic) bond motifs is 13. The normalized spacial score (nSPS) is 12.2. The quantitative estimate of drug-likeness (QED) is 0.225. The molecular weight excluding hydrogens is 460 g/mol. The fourth-order valence-corrected chi connectivity index (χ4v) is 6.71. The molecule has 176 valence electrons. The molecule has 0 bridgehead atoms. The second kappa shape index (κ2) is 7.24. The molecule has 0 saturated carbocycles. The maximum atomic E-state index is 3.64. The molecule has 2 heterocycles. The molecule has 0 aliphatic carbocycles. The fourth-order valence-electron chi connectivity index (χ4n) is 6.71. The summed E-state index contributed by atoms with van der Waals surface area (Å²) in [6, 6.07) is 46.5. The van der Waals surface area contributed by atoms with E-state index < -0.39 is 0 Å². The third kappa shape index (κ3) is 2.51. The molecule has 2 nitrogen and oxygen atoms in total. The molecule has 2 heteroatoms. The summed E-state index contributed by atoms with van der Waals surface area (Å²) in [4.78, 5) is 3.64. The molecule has 9 aromatic rings. The van der Waals surface area contributed by atoms with Crippen LogP contribution in [0.15, 0.2) is 127 Å². The van der Waals surface area contributed by atoms with Gasteiger partial charge in [-0.1, -0.05) is 91.0 Å². The molecular formula is C36H22N2.